The van der Waals surface area contributed by atoms with Crippen LogP contribution in [0, 0.1) is 0 Å². The zero-order chi connectivity index (χ0) is 16.0. The minimum absolute atomic E-state index is 0.128. The van der Waals surface area contributed by atoms with Crippen LogP contribution in [-0.4, -0.2) is 40.2 Å². The maximum atomic E-state index is 5.29. The fraction of sp³-hybridized carbons (Fsp3) is 0.800. The average molecular weight is 325 g/mol. The van der Waals surface area contributed by atoms with Gasteiger partial charge in [-0.15, -0.1) is 0 Å². The van der Waals surface area contributed by atoms with Gasteiger partial charge in [-0.05, 0) is 25.5 Å². The molecule has 0 radical (unpaired) electrons. The highest BCUT2D eigenvalue weighted by molar-refractivity contribution is 8.00. The molecule has 0 amide bonds. The van der Waals surface area contributed by atoms with Crippen molar-refractivity contribution < 1.29 is 4.52 Å². The summed E-state index contributed by atoms with van der Waals surface area (Å²) in [6.45, 7) is 10.4. The largest absolute Gasteiger partial charge is 0.357 e. The van der Waals surface area contributed by atoms with Crippen LogP contribution in [0.25, 0.3) is 0 Å². The minimum atomic E-state index is -0.128. The molecule has 1 aliphatic rings. The summed E-state index contributed by atoms with van der Waals surface area (Å²) >= 11 is 2.04. The second-order valence-electron chi connectivity index (χ2n) is 6.48. The molecule has 7 heteroatoms. The lowest BCUT2D eigenvalue weighted by atomic mass is 9.97. The monoisotopic (exact) mass is 325 g/mol. The second-order valence-corrected chi connectivity index (χ2v) is 7.89. The van der Waals surface area contributed by atoms with Crippen LogP contribution in [0.2, 0.25) is 0 Å². The van der Waals surface area contributed by atoms with Gasteiger partial charge in [-0.2, -0.15) is 16.7 Å². The van der Waals surface area contributed by atoms with Crippen LogP contribution < -0.4 is 10.6 Å². The third-order valence-corrected chi connectivity index (χ3v) is 4.75. The van der Waals surface area contributed by atoms with Crippen LogP contribution in [0.5, 0.6) is 0 Å². The molecular formula is C15H27N5OS. The standard InChI is InChI=1S/C15H27N5OS/c1-5-16-14(17-9-11-7-6-8-22-11)18-10-12-19-13(21-20-12)15(2,3)4/h11H,5-10H2,1-4H3,(H2,16,17,18). The third kappa shape index (κ3) is 5.19. The van der Waals surface area contributed by atoms with Gasteiger partial charge in [0.15, 0.2) is 11.8 Å². The Balaban J connectivity index is 1.89. The van der Waals surface area contributed by atoms with Crippen molar-refractivity contribution in [2.45, 2.75) is 57.7 Å². The number of hydrogen-bond donors (Lipinski definition) is 2. The van der Waals surface area contributed by atoms with Crippen molar-refractivity contribution in [3.8, 4) is 0 Å². The maximum Gasteiger partial charge on any atom is 0.232 e. The van der Waals surface area contributed by atoms with E-state index in [4.69, 9.17) is 4.52 Å². The molecule has 0 aromatic carbocycles. The summed E-state index contributed by atoms with van der Waals surface area (Å²) in [6.07, 6.45) is 2.61. The summed E-state index contributed by atoms with van der Waals surface area (Å²) in [5.74, 6) is 3.37. The molecule has 0 aliphatic carbocycles. The van der Waals surface area contributed by atoms with Crippen LogP contribution in [-0.2, 0) is 12.0 Å². The molecule has 0 spiro atoms. The number of aliphatic imine (C=N–C) groups is 1. The molecule has 1 aliphatic heterocycles. The Kier molecular flexibility index (Phi) is 6.11. The Labute approximate surface area is 136 Å². The molecule has 124 valence electrons. The summed E-state index contributed by atoms with van der Waals surface area (Å²) in [7, 11) is 0. The van der Waals surface area contributed by atoms with Crippen LogP contribution >= 0.6 is 11.8 Å². The number of hydrogen-bond acceptors (Lipinski definition) is 5. The number of guanidine groups is 1. The molecule has 1 fully saturated rings. The summed E-state index contributed by atoms with van der Waals surface area (Å²) in [5, 5.41) is 11.4. The number of aromatic nitrogens is 2. The quantitative estimate of drug-likeness (QED) is 0.639. The molecule has 6 nitrogen and oxygen atoms in total. The van der Waals surface area contributed by atoms with Gasteiger partial charge < -0.3 is 15.2 Å². The highest BCUT2D eigenvalue weighted by Gasteiger charge is 2.21. The number of nitrogens with zero attached hydrogens (tertiary/aromatic N) is 3. The smallest absolute Gasteiger partial charge is 0.232 e. The molecule has 2 rings (SSSR count). The van der Waals surface area contributed by atoms with Crippen molar-refractivity contribution in [1.29, 1.82) is 0 Å². The van der Waals surface area contributed by atoms with E-state index >= 15 is 0 Å². The summed E-state index contributed by atoms with van der Waals surface area (Å²) < 4.78 is 5.29. The van der Waals surface area contributed by atoms with Crippen molar-refractivity contribution in [2.24, 2.45) is 4.99 Å². The number of rotatable bonds is 5. The van der Waals surface area contributed by atoms with Crippen LogP contribution in [0.1, 0.15) is 52.3 Å². The van der Waals surface area contributed by atoms with E-state index in [0.29, 0.717) is 23.5 Å². The first-order valence-electron chi connectivity index (χ1n) is 7.96. The van der Waals surface area contributed by atoms with Crippen molar-refractivity contribution in [2.75, 3.05) is 18.8 Å². The molecule has 22 heavy (non-hydrogen) atoms. The van der Waals surface area contributed by atoms with Gasteiger partial charge >= 0.3 is 0 Å². The Morgan fingerprint density at radius 1 is 1.41 bits per heavy atom. The van der Waals surface area contributed by atoms with Gasteiger partial charge in [0, 0.05) is 23.8 Å². The van der Waals surface area contributed by atoms with E-state index in [2.05, 4.69) is 53.5 Å². The second kappa shape index (κ2) is 7.85. The lowest BCUT2D eigenvalue weighted by molar-refractivity contribution is 0.318. The van der Waals surface area contributed by atoms with E-state index in [1.54, 1.807) is 0 Å². The lowest BCUT2D eigenvalue weighted by Gasteiger charge is -2.14. The SMILES string of the molecule is CCNC(=NCc1noc(C(C)(C)C)n1)NCC1CCCS1. The zero-order valence-corrected chi connectivity index (χ0v) is 14.8. The van der Waals surface area contributed by atoms with Gasteiger partial charge in [-0.1, -0.05) is 25.9 Å². The maximum absolute atomic E-state index is 5.29. The van der Waals surface area contributed by atoms with Crippen LogP contribution in [0.15, 0.2) is 9.52 Å². The number of thioether (sulfide) groups is 1. The Morgan fingerprint density at radius 3 is 2.82 bits per heavy atom. The Bertz CT molecular complexity index is 488. The van der Waals surface area contributed by atoms with E-state index in [9.17, 15) is 0 Å². The first kappa shape index (κ1) is 17.1. The van der Waals surface area contributed by atoms with Crippen molar-refractivity contribution in [1.82, 2.24) is 20.8 Å². The van der Waals surface area contributed by atoms with E-state index in [1.807, 2.05) is 11.8 Å². The minimum Gasteiger partial charge on any atom is -0.357 e. The van der Waals surface area contributed by atoms with Gasteiger partial charge in [0.05, 0.1) is 0 Å². The predicted molar refractivity (Wildman–Crippen MR) is 91.3 cm³/mol. The molecule has 0 bridgehead atoms. The molecule has 1 aromatic heterocycles. The van der Waals surface area contributed by atoms with Crippen LogP contribution in [0.3, 0.4) is 0 Å². The Morgan fingerprint density at radius 2 is 2.23 bits per heavy atom. The molecular weight excluding hydrogens is 298 g/mol. The highest BCUT2D eigenvalue weighted by atomic mass is 32.2. The highest BCUT2D eigenvalue weighted by Crippen LogP contribution is 2.25. The fourth-order valence-electron chi connectivity index (χ4n) is 2.13. The topological polar surface area (TPSA) is 75.3 Å². The lowest BCUT2D eigenvalue weighted by Crippen LogP contribution is -2.40. The third-order valence-electron chi connectivity index (χ3n) is 3.35. The predicted octanol–water partition coefficient (Wildman–Crippen LogP) is 2.32. The summed E-state index contributed by atoms with van der Waals surface area (Å²) in [5.41, 5.74) is -0.128. The van der Waals surface area contributed by atoms with Gasteiger partial charge in [-0.3, -0.25) is 0 Å². The molecule has 2 heterocycles. The molecule has 1 saturated heterocycles. The van der Waals surface area contributed by atoms with Crippen LogP contribution in [0.4, 0.5) is 0 Å². The van der Waals surface area contributed by atoms with Gasteiger partial charge in [0.25, 0.3) is 0 Å². The average Bonchev–Trinajstić information content (AvgIpc) is 3.12. The molecule has 2 N–H and O–H groups in total. The molecule has 1 atom stereocenters. The van der Waals surface area contributed by atoms with Crippen molar-refractivity contribution in [3.05, 3.63) is 11.7 Å². The molecule has 0 saturated carbocycles. The molecule has 1 aromatic rings. The fourth-order valence-corrected chi connectivity index (χ4v) is 3.33. The van der Waals surface area contributed by atoms with E-state index < -0.39 is 0 Å². The summed E-state index contributed by atoms with van der Waals surface area (Å²) in [4.78, 5) is 8.95. The van der Waals surface area contributed by atoms with Crippen molar-refractivity contribution in [3.63, 3.8) is 0 Å². The van der Waals surface area contributed by atoms with Gasteiger partial charge in [0.1, 0.15) is 6.54 Å². The normalized spacial score (nSPS) is 19.5. The zero-order valence-electron chi connectivity index (χ0n) is 14.0. The van der Waals surface area contributed by atoms with E-state index in [-0.39, 0.29) is 5.41 Å². The summed E-state index contributed by atoms with van der Waals surface area (Å²) in [6, 6.07) is 0. The van der Waals surface area contributed by atoms with E-state index in [0.717, 1.165) is 19.0 Å². The van der Waals surface area contributed by atoms with Gasteiger partial charge in [-0.25, -0.2) is 4.99 Å². The van der Waals surface area contributed by atoms with Gasteiger partial charge in [0.2, 0.25) is 5.89 Å². The van der Waals surface area contributed by atoms with Crippen molar-refractivity contribution >= 4 is 17.7 Å². The first-order chi connectivity index (χ1) is 10.5. The number of nitrogens with one attached hydrogen (secondary N) is 2. The molecule has 1 unspecified atom stereocenters. The first-order valence-corrected chi connectivity index (χ1v) is 9.00. The van der Waals surface area contributed by atoms with E-state index in [1.165, 1.54) is 18.6 Å². The Hall–Kier alpha value is -1.24.